The first-order valence-electron chi connectivity index (χ1n) is 6.90. The Bertz CT molecular complexity index is 609. The number of benzene rings is 1. The Kier molecular flexibility index (Phi) is 4.97. The summed E-state index contributed by atoms with van der Waals surface area (Å²) in [6, 6.07) is 6.20. The molecule has 7 heteroatoms. The lowest BCUT2D eigenvalue weighted by atomic mass is 10.2. The van der Waals surface area contributed by atoms with Crippen LogP contribution in [-0.4, -0.2) is 63.4 Å². The van der Waals surface area contributed by atoms with Gasteiger partial charge in [-0.25, -0.2) is 8.42 Å². The fourth-order valence-corrected chi connectivity index (χ4v) is 3.54. The first-order chi connectivity index (χ1) is 9.96. The van der Waals surface area contributed by atoms with Gasteiger partial charge in [-0.1, -0.05) is 6.07 Å². The topological polar surface area (TPSA) is 66.9 Å². The van der Waals surface area contributed by atoms with Crippen molar-refractivity contribution in [3.8, 4) is 0 Å². The molecule has 1 saturated heterocycles. The molecule has 1 aliphatic heterocycles. The lowest BCUT2D eigenvalue weighted by Crippen LogP contribution is -2.40. The van der Waals surface area contributed by atoms with Crippen LogP contribution in [0.5, 0.6) is 0 Å². The van der Waals surface area contributed by atoms with Crippen LogP contribution in [0.3, 0.4) is 0 Å². The van der Waals surface area contributed by atoms with Gasteiger partial charge in [-0.3, -0.25) is 4.79 Å². The maximum absolute atomic E-state index is 12.5. The summed E-state index contributed by atoms with van der Waals surface area (Å²) in [6.07, 6.45) is 0. The van der Waals surface area contributed by atoms with Crippen LogP contribution >= 0.6 is 0 Å². The predicted molar refractivity (Wildman–Crippen MR) is 78.7 cm³/mol. The normalized spacial score (nSPS) is 16.7. The van der Waals surface area contributed by atoms with E-state index in [2.05, 4.69) is 0 Å². The van der Waals surface area contributed by atoms with E-state index < -0.39 is 10.0 Å². The van der Waals surface area contributed by atoms with Crippen molar-refractivity contribution in [3.63, 3.8) is 0 Å². The summed E-state index contributed by atoms with van der Waals surface area (Å²) >= 11 is 0. The molecular weight excluding hydrogens is 292 g/mol. The van der Waals surface area contributed by atoms with Gasteiger partial charge in [0.05, 0.1) is 18.1 Å². The Labute approximate surface area is 125 Å². The SMILES string of the molecule is CCN(C)C(=O)c1cccc(S(=O)(=O)N2CCOCC2)c1. The average Bonchev–Trinajstić information content (AvgIpc) is 2.54. The van der Waals surface area contributed by atoms with E-state index in [1.54, 1.807) is 24.1 Å². The van der Waals surface area contributed by atoms with Gasteiger partial charge >= 0.3 is 0 Å². The fourth-order valence-electron chi connectivity index (χ4n) is 2.09. The maximum Gasteiger partial charge on any atom is 0.253 e. The molecule has 1 aromatic rings. The first-order valence-corrected chi connectivity index (χ1v) is 8.34. The van der Waals surface area contributed by atoms with Crippen LogP contribution < -0.4 is 0 Å². The predicted octanol–water partition coefficient (Wildman–Crippen LogP) is 0.799. The summed E-state index contributed by atoms with van der Waals surface area (Å²) in [5.74, 6) is -0.184. The lowest BCUT2D eigenvalue weighted by molar-refractivity contribution is 0.0730. The van der Waals surface area contributed by atoms with E-state index in [1.807, 2.05) is 6.92 Å². The van der Waals surface area contributed by atoms with Crippen molar-refractivity contribution in [2.45, 2.75) is 11.8 Å². The molecule has 0 aliphatic carbocycles. The monoisotopic (exact) mass is 312 g/mol. The third kappa shape index (κ3) is 3.42. The molecule has 0 saturated carbocycles. The number of carbonyl (C=O) groups is 1. The Hall–Kier alpha value is -1.44. The third-order valence-electron chi connectivity index (χ3n) is 3.51. The summed E-state index contributed by atoms with van der Waals surface area (Å²) in [5, 5.41) is 0. The van der Waals surface area contributed by atoms with Gasteiger partial charge in [0.2, 0.25) is 10.0 Å². The molecule has 2 rings (SSSR count). The molecule has 1 amide bonds. The molecule has 0 N–H and O–H groups in total. The maximum atomic E-state index is 12.5. The molecule has 1 aliphatic rings. The molecule has 1 heterocycles. The summed E-state index contributed by atoms with van der Waals surface area (Å²) in [4.78, 5) is 13.8. The summed E-state index contributed by atoms with van der Waals surface area (Å²) < 4.78 is 31.7. The van der Waals surface area contributed by atoms with E-state index in [9.17, 15) is 13.2 Å². The molecule has 1 fully saturated rings. The number of rotatable bonds is 4. The number of amides is 1. The largest absolute Gasteiger partial charge is 0.379 e. The van der Waals surface area contributed by atoms with E-state index in [4.69, 9.17) is 4.74 Å². The number of morpholine rings is 1. The molecule has 0 radical (unpaired) electrons. The number of ether oxygens (including phenoxy) is 1. The van der Waals surface area contributed by atoms with Crippen LogP contribution in [0.25, 0.3) is 0 Å². The quantitative estimate of drug-likeness (QED) is 0.825. The van der Waals surface area contributed by atoms with Crippen molar-refractivity contribution in [2.24, 2.45) is 0 Å². The summed E-state index contributed by atoms with van der Waals surface area (Å²) in [5.41, 5.74) is 0.383. The molecule has 116 valence electrons. The van der Waals surface area contributed by atoms with Crippen LogP contribution in [0.4, 0.5) is 0 Å². The molecule has 21 heavy (non-hydrogen) atoms. The lowest BCUT2D eigenvalue weighted by Gasteiger charge is -2.26. The van der Waals surface area contributed by atoms with Crippen LogP contribution in [-0.2, 0) is 14.8 Å². The number of hydrogen-bond acceptors (Lipinski definition) is 4. The highest BCUT2D eigenvalue weighted by Gasteiger charge is 2.27. The Morgan fingerprint density at radius 1 is 1.33 bits per heavy atom. The number of nitrogens with zero attached hydrogens (tertiary/aromatic N) is 2. The zero-order chi connectivity index (χ0) is 15.5. The van der Waals surface area contributed by atoms with Crippen LogP contribution in [0.15, 0.2) is 29.2 Å². The van der Waals surface area contributed by atoms with Gasteiger partial charge in [0.1, 0.15) is 0 Å². The minimum absolute atomic E-state index is 0.153. The zero-order valence-corrected chi connectivity index (χ0v) is 13.1. The van der Waals surface area contributed by atoms with Crippen molar-refractivity contribution in [1.29, 1.82) is 0 Å². The van der Waals surface area contributed by atoms with E-state index in [-0.39, 0.29) is 10.8 Å². The average molecular weight is 312 g/mol. The minimum atomic E-state index is -3.57. The van der Waals surface area contributed by atoms with Gasteiger partial charge in [0.25, 0.3) is 5.91 Å². The van der Waals surface area contributed by atoms with E-state index in [1.165, 1.54) is 16.4 Å². The second kappa shape index (κ2) is 6.55. The summed E-state index contributed by atoms with van der Waals surface area (Å²) in [6.45, 7) is 3.92. The van der Waals surface area contributed by atoms with Crippen molar-refractivity contribution in [1.82, 2.24) is 9.21 Å². The van der Waals surface area contributed by atoms with E-state index in [0.29, 0.717) is 38.4 Å². The second-order valence-corrected chi connectivity index (χ2v) is 6.80. The van der Waals surface area contributed by atoms with Gasteiger partial charge in [-0.2, -0.15) is 4.31 Å². The van der Waals surface area contributed by atoms with Crippen LogP contribution in [0.1, 0.15) is 17.3 Å². The smallest absolute Gasteiger partial charge is 0.253 e. The Morgan fingerprint density at radius 3 is 2.62 bits per heavy atom. The van der Waals surface area contributed by atoms with Gasteiger partial charge in [0, 0.05) is 32.2 Å². The fraction of sp³-hybridized carbons (Fsp3) is 0.500. The van der Waals surface area contributed by atoms with E-state index in [0.717, 1.165) is 0 Å². The Morgan fingerprint density at radius 2 is 2.00 bits per heavy atom. The highest BCUT2D eigenvalue weighted by Crippen LogP contribution is 2.19. The second-order valence-electron chi connectivity index (χ2n) is 4.86. The zero-order valence-electron chi connectivity index (χ0n) is 12.3. The Balaban J connectivity index is 2.30. The summed E-state index contributed by atoms with van der Waals surface area (Å²) in [7, 11) is -1.88. The number of carbonyl (C=O) groups excluding carboxylic acids is 1. The van der Waals surface area contributed by atoms with Crippen LogP contribution in [0, 0.1) is 0 Å². The molecular formula is C14H20N2O4S. The van der Waals surface area contributed by atoms with Crippen molar-refractivity contribution in [3.05, 3.63) is 29.8 Å². The van der Waals surface area contributed by atoms with Gasteiger partial charge in [0.15, 0.2) is 0 Å². The van der Waals surface area contributed by atoms with Crippen molar-refractivity contribution >= 4 is 15.9 Å². The highest BCUT2D eigenvalue weighted by molar-refractivity contribution is 7.89. The molecule has 0 unspecified atom stereocenters. The van der Waals surface area contributed by atoms with Gasteiger partial charge < -0.3 is 9.64 Å². The molecule has 0 spiro atoms. The van der Waals surface area contributed by atoms with Crippen molar-refractivity contribution < 1.29 is 17.9 Å². The minimum Gasteiger partial charge on any atom is -0.379 e. The first kappa shape index (κ1) is 15.9. The molecule has 0 aromatic heterocycles. The van der Waals surface area contributed by atoms with Crippen LogP contribution in [0.2, 0.25) is 0 Å². The molecule has 0 atom stereocenters. The number of sulfonamides is 1. The molecule has 0 bridgehead atoms. The standard InChI is InChI=1S/C14H20N2O4S/c1-3-15(2)14(17)12-5-4-6-13(11-12)21(18,19)16-7-9-20-10-8-16/h4-6,11H,3,7-10H2,1-2H3. The molecule has 1 aromatic carbocycles. The van der Waals surface area contributed by atoms with E-state index >= 15 is 0 Å². The highest BCUT2D eigenvalue weighted by atomic mass is 32.2. The number of hydrogen-bond donors (Lipinski definition) is 0. The molecule has 6 nitrogen and oxygen atoms in total. The van der Waals surface area contributed by atoms with Gasteiger partial charge in [-0.15, -0.1) is 0 Å². The third-order valence-corrected chi connectivity index (χ3v) is 5.40. The van der Waals surface area contributed by atoms with Crippen molar-refractivity contribution in [2.75, 3.05) is 39.9 Å². The van der Waals surface area contributed by atoms with Gasteiger partial charge in [-0.05, 0) is 25.1 Å².